The first-order chi connectivity index (χ1) is 9.17. The summed E-state index contributed by atoms with van der Waals surface area (Å²) in [6.45, 7) is 6.86. The van der Waals surface area contributed by atoms with E-state index in [0.717, 1.165) is 11.8 Å². The van der Waals surface area contributed by atoms with Gasteiger partial charge < -0.3 is 5.32 Å². The molecule has 2 rings (SSSR count). The number of rotatable bonds is 4. The minimum absolute atomic E-state index is 0.538. The Kier molecular flexibility index (Phi) is 5.04. The number of hydrogen-bond donors (Lipinski definition) is 1. The Hall–Kier alpha value is -0.820. The van der Waals surface area contributed by atoms with Crippen LogP contribution in [0.1, 0.15) is 61.8 Å². The average molecular weight is 259 g/mol. The Balaban J connectivity index is 2.24. The normalized spacial score (nSPS) is 25.3. The standard InChI is InChI=1S/C18H29N/c1-5-15-10-7-11-16(12-15)18(19-4)17-13(2)8-6-9-14(17)3/h6,8-9,15-16,18-19H,5,7,10-12H2,1-4H3. The van der Waals surface area contributed by atoms with Crippen molar-refractivity contribution in [1.82, 2.24) is 5.32 Å². The van der Waals surface area contributed by atoms with Gasteiger partial charge in [0.15, 0.2) is 0 Å². The summed E-state index contributed by atoms with van der Waals surface area (Å²) in [6, 6.07) is 7.23. The molecule has 0 spiro atoms. The van der Waals surface area contributed by atoms with Crippen molar-refractivity contribution in [2.75, 3.05) is 7.05 Å². The van der Waals surface area contributed by atoms with Gasteiger partial charge in [0.2, 0.25) is 0 Å². The zero-order valence-electron chi connectivity index (χ0n) is 13.0. The molecule has 0 bridgehead atoms. The van der Waals surface area contributed by atoms with Gasteiger partial charge in [-0.25, -0.2) is 0 Å². The van der Waals surface area contributed by atoms with Gasteiger partial charge in [-0.15, -0.1) is 0 Å². The summed E-state index contributed by atoms with van der Waals surface area (Å²) in [5.74, 6) is 1.75. The van der Waals surface area contributed by atoms with Crippen LogP contribution in [0, 0.1) is 25.7 Å². The van der Waals surface area contributed by atoms with Gasteiger partial charge in [-0.05, 0) is 62.3 Å². The highest BCUT2D eigenvalue weighted by molar-refractivity contribution is 5.36. The number of hydrogen-bond acceptors (Lipinski definition) is 1. The second-order valence-electron chi connectivity index (χ2n) is 6.27. The molecule has 1 heteroatoms. The van der Waals surface area contributed by atoms with E-state index in [4.69, 9.17) is 0 Å². The van der Waals surface area contributed by atoms with Gasteiger partial charge in [-0.3, -0.25) is 0 Å². The summed E-state index contributed by atoms with van der Waals surface area (Å²) in [6.07, 6.45) is 6.98. The van der Waals surface area contributed by atoms with Crippen molar-refractivity contribution in [3.8, 4) is 0 Å². The lowest BCUT2D eigenvalue weighted by molar-refractivity contribution is 0.214. The fourth-order valence-corrected chi connectivity index (χ4v) is 3.94. The summed E-state index contributed by atoms with van der Waals surface area (Å²) in [7, 11) is 2.13. The molecule has 3 unspecified atom stereocenters. The van der Waals surface area contributed by atoms with E-state index in [2.05, 4.69) is 51.3 Å². The Labute approximate surface area is 118 Å². The summed E-state index contributed by atoms with van der Waals surface area (Å²) >= 11 is 0. The van der Waals surface area contributed by atoms with Crippen LogP contribution < -0.4 is 5.32 Å². The monoisotopic (exact) mass is 259 g/mol. The SMILES string of the molecule is CCC1CCCC(C(NC)c2c(C)cccc2C)C1. The van der Waals surface area contributed by atoms with E-state index in [9.17, 15) is 0 Å². The second-order valence-corrected chi connectivity index (χ2v) is 6.27. The van der Waals surface area contributed by atoms with Gasteiger partial charge in [0, 0.05) is 6.04 Å². The van der Waals surface area contributed by atoms with Crippen molar-refractivity contribution in [1.29, 1.82) is 0 Å². The molecule has 1 aliphatic carbocycles. The van der Waals surface area contributed by atoms with Gasteiger partial charge >= 0.3 is 0 Å². The highest BCUT2D eigenvalue weighted by Gasteiger charge is 2.29. The predicted molar refractivity (Wildman–Crippen MR) is 83.5 cm³/mol. The summed E-state index contributed by atoms with van der Waals surface area (Å²) < 4.78 is 0. The summed E-state index contributed by atoms with van der Waals surface area (Å²) in [5.41, 5.74) is 4.43. The largest absolute Gasteiger partial charge is 0.313 e. The van der Waals surface area contributed by atoms with Gasteiger partial charge in [0.1, 0.15) is 0 Å². The van der Waals surface area contributed by atoms with Crippen molar-refractivity contribution in [3.05, 3.63) is 34.9 Å². The molecule has 19 heavy (non-hydrogen) atoms. The van der Waals surface area contributed by atoms with E-state index in [1.54, 1.807) is 5.56 Å². The fraction of sp³-hybridized carbons (Fsp3) is 0.667. The maximum absolute atomic E-state index is 3.61. The Morgan fingerprint density at radius 2 is 1.89 bits per heavy atom. The van der Waals surface area contributed by atoms with Crippen molar-refractivity contribution in [3.63, 3.8) is 0 Å². The van der Waals surface area contributed by atoms with Crippen LogP contribution in [0.25, 0.3) is 0 Å². The van der Waals surface area contributed by atoms with E-state index in [0.29, 0.717) is 6.04 Å². The van der Waals surface area contributed by atoms with E-state index < -0.39 is 0 Å². The minimum atomic E-state index is 0.538. The van der Waals surface area contributed by atoms with Gasteiger partial charge in [-0.1, -0.05) is 44.4 Å². The Morgan fingerprint density at radius 1 is 1.21 bits per heavy atom. The van der Waals surface area contributed by atoms with Crippen LogP contribution in [0.3, 0.4) is 0 Å². The topological polar surface area (TPSA) is 12.0 Å². The maximum atomic E-state index is 3.61. The first kappa shape index (κ1) is 14.6. The molecular formula is C18H29N. The second kappa shape index (κ2) is 6.56. The first-order valence-corrected chi connectivity index (χ1v) is 7.90. The van der Waals surface area contributed by atoms with Crippen LogP contribution in [-0.2, 0) is 0 Å². The quantitative estimate of drug-likeness (QED) is 0.820. The molecule has 0 heterocycles. The molecule has 1 aromatic rings. The molecule has 0 amide bonds. The molecule has 3 atom stereocenters. The van der Waals surface area contributed by atoms with Crippen molar-refractivity contribution in [2.24, 2.45) is 11.8 Å². The number of aryl methyl sites for hydroxylation is 2. The molecule has 0 aromatic heterocycles. The first-order valence-electron chi connectivity index (χ1n) is 7.90. The zero-order chi connectivity index (χ0) is 13.8. The molecule has 106 valence electrons. The van der Waals surface area contributed by atoms with E-state index in [-0.39, 0.29) is 0 Å². The lowest BCUT2D eigenvalue weighted by Crippen LogP contribution is -2.30. The summed E-state index contributed by atoms with van der Waals surface area (Å²) in [4.78, 5) is 0. The molecule has 1 nitrogen and oxygen atoms in total. The van der Waals surface area contributed by atoms with E-state index in [1.165, 1.54) is 43.2 Å². The fourth-order valence-electron chi connectivity index (χ4n) is 3.94. The van der Waals surface area contributed by atoms with E-state index >= 15 is 0 Å². The van der Waals surface area contributed by atoms with Crippen molar-refractivity contribution >= 4 is 0 Å². The molecule has 1 saturated carbocycles. The number of nitrogens with one attached hydrogen (secondary N) is 1. The average Bonchev–Trinajstić information content (AvgIpc) is 2.43. The van der Waals surface area contributed by atoms with Gasteiger partial charge in [0.05, 0.1) is 0 Å². The maximum Gasteiger partial charge on any atom is 0.0351 e. The molecule has 1 N–H and O–H groups in total. The van der Waals surface area contributed by atoms with Crippen LogP contribution in [-0.4, -0.2) is 7.05 Å². The van der Waals surface area contributed by atoms with Crippen LogP contribution >= 0.6 is 0 Å². The lowest BCUT2D eigenvalue weighted by atomic mass is 9.74. The molecule has 0 saturated heterocycles. The lowest BCUT2D eigenvalue weighted by Gasteiger charge is -2.35. The van der Waals surface area contributed by atoms with Gasteiger partial charge in [-0.2, -0.15) is 0 Å². The molecule has 0 aliphatic heterocycles. The number of benzene rings is 1. The van der Waals surface area contributed by atoms with Crippen LogP contribution in [0.15, 0.2) is 18.2 Å². The summed E-state index contributed by atoms with van der Waals surface area (Å²) in [5, 5.41) is 3.61. The zero-order valence-corrected chi connectivity index (χ0v) is 13.0. The Bertz CT molecular complexity index is 390. The van der Waals surface area contributed by atoms with Gasteiger partial charge in [0.25, 0.3) is 0 Å². The molecule has 1 aromatic carbocycles. The van der Waals surface area contributed by atoms with Crippen molar-refractivity contribution < 1.29 is 0 Å². The van der Waals surface area contributed by atoms with Crippen LogP contribution in [0.2, 0.25) is 0 Å². The van der Waals surface area contributed by atoms with Crippen LogP contribution in [0.4, 0.5) is 0 Å². The molecule has 1 aliphatic rings. The highest BCUT2D eigenvalue weighted by Crippen LogP contribution is 2.39. The predicted octanol–water partition coefficient (Wildman–Crippen LogP) is 4.78. The third-order valence-corrected chi connectivity index (χ3v) is 5.04. The molecule has 0 radical (unpaired) electrons. The van der Waals surface area contributed by atoms with Crippen LogP contribution in [0.5, 0.6) is 0 Å². The smallest absolute Gasteiger partial charge is 0.0351 e. The minimum Gasteiger partial charge on any atom is -0.313 e. The van der Waals surface area contributed by atoms with Crippen molar-refractivity contribution in [2.45, 2.75) is 58.9 Å². The third kappa shape index (κ3) is 3.20. The molecule has 1 fully saturated rings. The Morgan fingerprint density at radius 3 is 2.47 bits per heavy atom. The third-order valence-electron chi connectivity index (χ3n) is 5.04. The highest BCUT2D eigenvalue weighted by atomic mass is 14.9. The van der Waals surface area contributed by atoms with E-state index in [1.807, 2.05) is 0 Å². The molecular weight excluding hydrogens is 230 g/mol.